The van der Waals surface area contributed by atoms with Crippen LogP contribution >= 0.6 is 0 Å². The summed E-state index contributed by atoms with van der Waals surface area (Å²) in [7, 11) is 0. The molecule has 1 aromatic carbocycles. The first-order valence-corrected chi connectivity index (χ1v) is 5.41. The van der Waals surface area contributed by atoms with Crippen LogP contribution in [-0.4, -0.2) is 31.1 Å². The fourth-order valence-corrected chi connectivity index (χ4v) is 1.29. The third-order valence-corrected chi connectivity index (χ3v) is 2.15. The number of hydrogen-bond donors (Lipinski definition) is 2. The molecular weight excluding hydrogens is 220 g/mol. The molecule has 0 unspecified atom stereocenters. The van der Waals surface area contributed by atoms with E-state index in [-0.39, 0.29) is 19.1 Å². The summed E-state index contributed by atoms with van der Waals surface area (Å²) in [4.78, 5) is 23.2. The van der Waals surface area contributed by atoms with Gasteiger partial charge in [0.15, 0.2) is 0 Å². The molecule has 0 saturated heterocycles. The lowest BCUT2D eigenvalue weighted by Gasteiger charge is -2.15. The number of carbonyl (C=O) groups is 2. The Hall–Kier alpha value is -1.88. The van der Waals surface area contributed by atoms with Gasteiger partial charge in [-0.15, -0.1) is 0 Å². The standard InChI is InChI=1S/C12H16N2O3/c1-2-17-12(16)10(8-13)14-11(15)9-6-4-3-5-7-9/h3-7,10H,2,8,13H2,1H3,(H,14,15)/t10-/m0/s1. The number of esters is 1. The normalized spacial score (nSPS) is 11.6. The number of benzene rings is 1. The van der Waals surface area contributed by atoms with Gasteiger partial charge >= 0.3 is 5.97 Å². The zero-order valence-electron chi connectivity index (χ0n) is 9.68. The van der Waals surface area contributed by atoms with E-state index in [9.17, 15) is 9.59 Å². The summed E-state index contributed by atoms with van der Waals surface area (Å²) in [5.74, 6) is -0.853. The van der Waals surface area contributed by atoms with Crippen molar-refractivity contribution in [2.45, 2.75) is 13.0 Å². The molecule has 0 saturated carbocycles. The summed E-state index contributed by atoms with van der Waals surface area (Å²) < 4.78 is 4.80. The van der Waals surface area contributed by atoms with Gasteiger partial charge in [0.1, 0.15) is 6.04 Å². The predicted molar refractivity (Wildman–Crippen MR) is 63.4 cm³/mol. The average Bonchev–Trinajstić information content (AvgIpc) is 2.37. The van der Waals surface area contributed by atoms with Crippen molar-refractivity contribution in [1.82, 2.24) is 5.32 Å². The summed E-state index contributed by atoms with van der Waals surface area (Å²) in [6.45, 7) is 1.97. The molecule has 0 heterocycles. The lowest BCUT2D eigenvalue weighted by atomic mass is 10.2. The number of nitrogens with two attached hydrogens (primary N) is 1. The Balaban J connectivity index is 2.63. The zero-order valence-corrected chi connectivity index (χ0v) is 9.68. The van der Waals surface area contributed by atoms with Crippen LogP contribution < -0.4 is 11.1 Å². The Morgan fingerprint density at radius 3 is 2.53 bits per heavy atom. The zero-order chi connectivity index (χ0) is 12.7. The highest BCUT2D eigenvalue weighted by molar-refractivity contribution is 5.96. The first-order valence-electron chi connectivity index (χ1n) is 5.41. The molecular formula is C12H16N2O3. The van der Waals surface area contributed by atoms with Crippen molar-refractivity contribution < 1.29 is 14.3 Å². The van der Waals surface area contributed by atoms with Gasteiger partial charge in [-0.2, -0.15) is 0 Å². The Morgan fingerprint density at radius 1 is 1.35 bits per heavy atom. The van der Waals surface area contributed by atoms with Crippen LogP contribution in [0.15, 0.2) is 30.3 Å². The Bertz CT molecular complexity index is 379. The maximum absolute atomic E-state index is 11.7. The molecule has 3 N–H and O–H groups in total. The van der Waals surface area contributed by atoms with Crippen LogP contribution in [0, 0.1) is 0 Å². The first-order chi connectivity index (χ1) is 8.19. The van der Waals surface area contributed by atoms with Crippen molar-refractivity contribution in [2.75, 3.05) is 13.2 Å². The molecule has 1 aromatic rings. The van der Waals surface area contributed by atoms with Crippen molar-refractivity contribution in [2.24, 2.45) is 5.73 Å². The van der Waals surface area contributed by atoms with Gasteiger partial charge in [-0.25, -0.2) is 4.79 Å². The SMILES string of the molecule is CCOC(=O)[C@H](CN)NC(=O)c1ccccc1. The average molecular weight is 236 g/mol. The van der Waals surface area contributed by atoms with Crippen LogP contribution in [0.5, 0.6) is 0 Å². The van der Waals surface area contributed by atoms with Crippen molar-refractivity contribution >= 4 is 11.9 Å². The van der Waals surface area contributed by atoms with Crippen molar-refractivity contribution in [3.8, 4) is 0 Å². The molecule has 0 radical (unpaired) electrons. The minimum absolute atomic E-state index is 0.0113. The molecule has 0 aliphatic heterocycles. The predicted octanol–water partition coefficient (Wildman–Crippen LogP) is 0.307. The van der Waals surface area contributed by atoms with Gasteiger partial charge in [-0.1, -0.05) is 18.2 Å². The monoisotopic (exact) mass is 236 g/mol. The van der Waals surface area contributed by atoms with E-state index in [1.54, 1.807) is 31.2 Å². The summed E-state index contributed by atoms with van der Waals surface area (Å²) in [5, 5.41) is 2.53. The van der Waals surface area contributed by atoms with Gasteiger partial charge in [0, 0.05) is 12.1 Å². The van der Waals surface area contributed by atoms with Gasteiger partial charge in [0.25, 0.3) is 5.91 Å². The highest BCUT2D eigenvalue weighted by Crippen LogP contribution is 1.99. The summed E-state index contributed by atoms with van der Waals surface area (Å²) in [6.07, 6.45) is 0. The highest BCUT2D eigenvalue weighted by Gasteiger charge is 2.20. The number of hydrogen-bond acceptors (Lipinski definition) is 4. The first kappa shape index (κ1) is 13.2. The van der Waals surface area contributed by atoms with Crippen LogP contribution in [0.4, 0.5) is 0 Å². The maximum atomic E-state index is 11.7. The molecule has 1 atom stereocenters. The summed E-state index contributed by atoms with van der Waals surface area (Å²) >= 11 is 0. The van der Waals surface area contributed by atoms with Crippen LogP contribution in [0.2, 0.25) is 0 Å². The molecule has 0 spiro atoms. The third-order valence-electron chi connectivity index (χ3n) is 2.15. The van der Waals surface area contributed by atoms with Crippen molar-refractivity contribution in [3.63, 3.8) is 0 Å². The minimum Gasteiger partial charge on any atom is -0.464 e. The molecule has 5 heteroatoms. The van der Waals surface area contributed by atoms with Gasteiger partial charge < -0.3 is 15.8 Å². The number of nitrogens with one attached hydrogen (secondary N) is 1. The van der Waals surface area contributed by atoms with Gasteiger partial charge in [0.05, 0.1) is 6.61 Å². The molecule has 1 rings (SSSR count). The van der Waals surface area contributed by atoms with E-state index in [4.69, 9.17) is 10.5 Å². The molecule has 0 aliphatic rings. The fourth-order valence-electron chi connectivity index (χ4n) is 1.29. The van der Waals surface area contributed by atoms with E-state index in [2.05, 4.69) is 5.32 Å². The molecule has 0 aliphatic carbocycles. The highest BCUT2D eigenvalue weighted by atomic mass is 16.5. The van der Waals surface area contributed by atoms with E-state index in [0.29, 0.717) is 5.56 Å². The number of amides is 1. The molecule has 92 valence electrons. The van der Waals surface area contributed by atoms with E-state index in [1.165, 1.54) is 0 Å². The van der Waals surface area contributed by atoms with Gasteiger partial charge in [0.2, 0.25) is 0 Å². The summed E-state index contributed by atoms with van der Waals surface area (Å²) in [6, 6.07) is 7.82. The largest absolute Gasteiger partial charge is 0.464 e. The Morgan fingerprint density at radius 2 is 2.00 bits per heavy atom. The molecule has 5 nitrogen and oxygen atoms in total. The Labute approximate surface area is 99.9 Å². The van der Waals surface area contributed by atoms with Crippen molar-refractivity contribution in [1.29, 1.82) is 0 Å². The van der Waals surface area contributed by atoms with Crippen LogP contribution in [-0.2, 0) is 9.53 Å². The molecule has 1 amide bonds. The second-order valence-electron chi connectivity index (χ2n) is 3.38. The number of carbonyl (C=O) groups excluding carboxylic acids is 2. The van der Waals surface area contributed by atoms with Crippen LogP contribution in [0.1, 0.15) is 17.3 Å². The molecule has 17 heavy (non-hydrogen) atoms. The lowest BCUT2D eigenvalue weighted by molar-refractivity contribution is -0.145. The molecule has 0 fully saturated rings. The minimum atomic E-state index is -0.803. The maximum Gasteiger partial charge on any atom is 0.329 e. The second kappa shape index (κ2) is 6.65. The number of rotatable bonds is 5. The summed E-state index contributed by atoms with van der Waals surface area (Å²) in [5.41, 5.74) is 5.90. The molecule has 0 bridgehead atoms. The lowest BCUT2D eigenvalue weighted by Crippen LogP contribution is -2.46. The number of ether oxygens (including phenoxy) is 1. The quantitative estimate of drug-likeness (QED) is 0.721. The van der Waals surface area contributed by atoms with Crippen molar-refractivity contribution in [3.05, 3.63) is 35.9 Å². The van der Waals surface area contributed by atoms with Crippen LogP contribution in [0.25, 0.3) is 0 Å². The van der Waals surface area contributed by atoms with Gasteiger partial charge in [-0.05, 0) is 19.1 Å². The smallest absolute Gasteiger partial charge is 0.329 e. The van der Waals surface area contributed by atoms with Gasteiger partial charge in [-0.3, -0.25) is 4.79 Å². The van der Waals surface area contributed by atoms with E-state index in [0.717, 1.165) is 0 Å². The van der Waals surface area contributed by atoms with Crippen LogP contribution in [0.3, 0.4) is 0 Å². The topological polar surface area (TPSA) is 81.4 Å². The Kier molecular flexibility index (Phi) is 5.16. The van der Waals surface area contributed by atoms with E-state index >= 15 is 0 Å². The van der Waals surface area contributed by atoms with E-state index in [1.807, 2.05) is 6.07 Å². The second-order valence-corrected chi connectivity index (χ2v) is 3.38. The van der Waals surface area contributed by atoms with E-state index < -0.39 is 12.0 Å². The molecule has 0 aromatic heterocycles. The third kappa shape index (κ3) is 3.88. The fraction of sp³-hybridized carbons (Fsp3) is 0.333.